The summed E-state index contributed by atoms with van der Waals surface area (Å²) in [7, 11) is 3.66. The van der Waals surface area contributed by atoms with Gasteiger partial charge in [-0.05, 0) is 30.3 Å². The van der Waals surface area contributed by atoms with Crippen molar-refractivity contribution in [1.82, 2.24) is 14.3 Å². The molecule has 7 heteroatoms. The van der Waals surface area contributed by atoms with Gasteiger partial charge in [0.1, 0.15) is 0 Å². The van der Waals surface area contributed by atoms with Crippen LogP contribution in [-0.2, 0) is 25.3 Å². The molecule has 0 fully saturated rings. The molecule has 0 atom stereocenters. The third kappa shape index (κ3) is 4.16. The minimum Gasteiger partial charge on any atom is -0.343 e. The predicted octanol–water partition coefficient (Wildman–Crippen LogP) is 3.59. The summed E-state index contributed by atoms with van der Waals surface area (Å²) < 4.78 is 3.46. The molecular formula is C23H22N4O2S. The number of thioether (sulfide) groups is 1. The highest BCUT2D eigenvalue weighted by Crippen LogP contribution is 2.23. The largest absolute Gasteiger partial charge is 0.343 e. The van der Waals surface area contributed by atoms with Gasteiger partial charge in [-0.3, -0.25) is 9.59 Å². The van der Waals surface area contributed by atoms with Crippen molar-refractivity contribution in [1.29, 1.82) is 0 Å². The number of rotatable bonds is 6. The Kier molecular flexibility index (Phi) is 5.72. The monoisotopic (exact) mass is 418 g/mol. The highest BCUT2D eigenvalue weighted by atomic mass is 32.2. The van der Waals surface area contributed by atoms with Gasteiger partial charge in [0.2, 0.25) is 5.91 Å². The summed E-state index contributed by atoms with van der Waals surface area (Å²) in [5.74, 6) is 0.285. The number of hydrogen-bond acceptors (Lipinski definition) is 4. The van der Waals surface area contributed by atoms with E-state index >= 15 is 0 Å². The van der Waals surface area contributed by atoms with E-state index in [-0.39, 0.29) is 11.5 Å². The SMILES string of the molecule is Cn1c(Cc2nn(C)c(=O)c3ccccc23)ccc1SCC(=O)Nc1ccccc1. The van der Waals surface area contributed by atoms with Crippen LogP contribution in [0.1, 0.15) is 11.4 Å². The van der Waals surface area contributed by atoms with Crippen LogP contribution in [0, 0.1) is 0 Å². The molecule has 0 spiro atoms. The molecule has 152 valence electrons. The van der Waals surface area contributed by atoms with Gasteiger partial charge in [-0.1, -0.05) is 48.2 Å². The molecule has 0 saturated heterocycles. The second-order valence-corrected chi connectivity index (χ2v) is 8.02. The zero-order valence-electron chi connectivity index (χ0n) is 16.8. The average molecular weight is 419 g/mol. The fourth-order valence-electron chi connectivity index (χ4n) is 3.39. The Bertz CT molecular complexity index is 1260. The lowest BCUT2D eigenvalue weighted by Gasteiger charge is -2.10. The zero-order valence-corrected chi connectivity index (χ0v) is 17.6. The lowest BCUT2D eigenvalue weighted by molar-refractivity contribution is -0.113. The van der Waals surface area contributed by atoms with Crippen LogP contribution in [0.15, 0.2) is 76.6 Å². The summed E-state index contributed by atoms with van der Waals surface area (Å²) >= 11 is 1.49. The maximum atomic E-state index is 12.3. The number of para-hydroxylation sites is 1. The lowest BCUT2D eigenvalue weighted by Crippen LogP contribution is -2.21. The van der Waals surface area contributed by atoms with Gasteiger partial charge in [-0.2, -0.15) is 5.10 Å². The summed E-state index contributed by atoms with van der Waals surface area (Å²) in [6.07, 6.45) is 0.599. The van der Waals surface area contributed by atoms with Crippen molar-refractivity contribution in [2.75, 3.05) is 11.1 Å². The van der Waals surface area contributed by atoms with Crippen LogP contribution in [0.4, 0.5) is 5.69 Å². The number of aromatic nitrogens is 3. The number of nitrogens with one attached hydrogen (secondary N) is 1. The van der Waals surface area contributed by atoms with E-state index in [0.29, 0.717) is 17.6 Å². The minimum atomic E-state index is -0.0955. The summed E-state index contributed by atoms with van der Waals surface area (Å²) in [5.41, 5.74) is 2.62. The molecule has 0 saturated carbocycles. The number of aryl methyl sites for hydroxylation is 1. The molecule has 0 aliphatic carbocycles. The number of carbonyl (C=O) groups is 1. The fraction of sp³-hybridized carbons (Fsp3) is 0.174. The lowest BCUT2D eigenvalue weighted by atomic mass is 10.1. The molecule has 0 aliphatic rings. The van der Waals surface area contributed by atoms with E-state index in [4.69, 9.17) is 0 Å². The van der Waals surface area contributed by atoms with Gasteiger partial charge in [-0.25, -0.2) is 4.68 Å². The van der Waals surface area contributed by atoms with Crippen LogP contribution < -0.4 is 10.9 Å². The van der Waals surface area contributed by atoms with E-state index in [0.717, 1.165) is 27.5 Å². The van der Waals surface area contributed by atoms with E-state index in [1.54, 1.807) is 7.05 Å². The number of nitrogens with zero attached hydrogens (tertiary/aromatic N) is 3. The van der Waals surface area contributed by atoms with Crippen molar-refractivity contribution in [2.45, 2.75) is 11.4 Å². The van der Waals surface area contributed by atoms with Gasteiger partial charge in [-0.15, -0.1) is 0 Å². The molecule has 1 N–H and O–H groups in total. The Morgan fingerprint density at radius 1 is 0.967 bits per heavy atom. The van der Waals surface area contributed by atoms with Gasteiger partial charge < -0.3 is 9.88 Å². The Morgan fingerprint density at radius 3 is 2.43 bits per heavy atom. The molecule has 4 aromatic rings. The highest BCUT2D eigenvalue weighted by Gasteiger charge is 2.13. The fourth-order valence-corrected chi connectivity index (χ4v) is 4.22. The minimum absolute atomic E-state index is 0.0420. The molecule has 6 nitrogen and oxygen atoms in total. The van der Waals surface area contributed by atoms with E-state index in [9.17, 15) is 9.59 Å². The van der Waals surface area contributed by atoms with Crippen LogP contribution in [0.25, 0.3) is 10.8 Å². The Balaban J connectivity index is 1.49. The van der Waals surface area contributed by atoms with Crippen molar-refractivity contribution in [3.8, 4) is 0 Å². The molecular weight excluding hydrogens is 396 g/mol. The van der Waals surface area contributed by atoms with E-state index in [2.05, 4.69) is 15.0 Å². The van der Waals surface area contributed by atoms with E-state index in [1.165, 1.54) is 16.4 Å². The van der Waals surface area contributed by atoms with Crippen molar-refractivity contribution in [2.24, 2.45) is 14.1 Å². The summed E-state index contributed by atoms with van der Waals surface area (Å²) in [4.78, 5) is 24.6. The summed E-state index contributed by atoms with van der Waals surface area (Å²) in [6, 6.07) is 21.0. The third-order valence-electron chi connectivity index (χ3n) is 4.97. The van der Waals surface area contributed by atoms with E-state index < -0.39 is 0 Å². The normalized spacial score (nSPS) is 11.0. The number of benzene rings is 2. The van der Waals surface area contributed by atoms with Gasteiger partial charge >= 0.3 is 0 Å². The van der Waals surface area contributed by atoms with Crippen molar-refractivity contribution >= 4 is 34.1 Å². The first-order valence-electron chi connectivity index (χ1n) is 9.60. The van der Waals surface area contributed by atoms with Gasteiger partial charge in [0.05, 0.1) is 21.9 Å². The molecule has 4 rings (SSSR count). The zero-order chi connectivity index (χ0) is 21.1. The van der Waals surface area contributed by atoms with Crippen molar-refractivity contribution in [3.05, 3.63) is 88.5 Å². The summed E-state index contributed by atoms with van der Waals surface area (Å²) in [5, 5.41) is 9.93. The maximum Gasteiger partial charge on any atom is 0.274 e. The van der Waals surface area contributed by atoms with Crippen LogP contribution >= 0.6 is 11.8 Å². The number of hydrogen-bond donors (Lipinski definition) is 1. The molecule has 2 aromatic carbocycles. The quantitative estimate of drug-likeness (QED) is 0.486. The molecule has 0 bridgehead atoms. The molecule has 2 heterocycles. The first-order chi connectivity index (χ1) is 14.5. The smallest absolute Gasteiger partial charge is 0.274 e. The van der Waals surface area contributed by atoms with Crippen molar-refractivity contribution in [3.63, 3.8) is 0 Å². The number of anilines is 1. The highest BCUT2D eigenvalue weighted by molar-refractivity contribution is 7.99. The Hall–Kier alpha value is -3.32. The number of fused-ring (bicyclic) bond motifs is 1. The van der Waals surface area contributed by atoms with Gasteiger partial charge in [0, 0.05) is 37.3 Å². The maximum absolute atomic E-state index is 12.3. The Labute approximate surface area is 178 Å². The third-order valence-corrected chi connectivity index (χ3v) is 6.08. The molecule has 2 aromatic heterocycles. The molecule has 0 radical (unpaired) electrons. The second kappa shape index (κ2) is 8.59. The molecule has 0 unspecified atom stereocenters. The Morgan fingerprint density at radius 2 is 1.67 bits per heavy atom. The van der Waals surface area contributed by atoms with Gasteiger partial charge in [0.25, 0.3) is 5.56 Å². The predicted molar refractivity (Wildman–Crippen MR) is 121 cm³/mol. The molecule has 1 amide bonds. The number of amides is 1. The summed E-state index contributed by atoms with van der Waals surface area (Å²) in [6.45, 7) is 0. The van der Waals surface area contributed by atoms with E-state index in [1.807, 2.05) is 73.8 Å². The first-order valence-corrected chi connectivity index (χ1v) is 10.6. The number of carbonyl (C=O) groups excluding carboxylic acids is 1. The second-order valence-electron chi connectivity index (χ2n) is 7.02. The topological polar surface area (TPSA) is 68.9 Å². The first kappa shape index (κ1) is 20.0. The van der Waals surface area contributed by atoms with Crippen LogP contribution in [0.2, 0.25) is 0 Å². The van der Waals surface area contributed by atoms with Crippen LogP contribution in [0.3, 0.4) is 0 Å². The molecule has 30 heavy (non-hydrogen) atoms. The van der Waals surface area contributed by atoms with Crippen molar-refractivity contribution < 1.29 is 4.79 Å². The van der Waals surface area contributed by atoms with Crippen LogP contribution in [-0.4, -0.2) is 26.0 Å². The standard InChI is InChI=1S/C23H22N4O2S/c1-26-17(14-20-18-10-6-7-11-19(18)23(29)27(2)25-20)12-13-22(26)30-15-21(28)24-16-8-4-3-5-9-16/h3-13H,14-15H2,1-2H3,(H,24,28). The molecule has 0 aliphatic heterocycles. The van der Waals surface area contributed by atoms with Gasteiger partial charge in [0.15, 0.2) is 0 Å². The average Bonchev–Trinajstić information content (AvgIpc) is 3.10. The van der Waals surface area contributed by atoms with Crippen LogP contribution in [0.5, 0.6) is 0 Å².